The number of hydrogen-bond donors (Lipinski definition) is 2. The maximum absolute atomic E-state index is 12.8. The Morgan fingerprint density at radius 2 is 2.15 bits per heavy atom. The first kappa shape index (κ1) is 18.7. The minimum Gasteiger partial charge on any atom is -0.495 e. The number of sulfonamides is 1. The second-order valence-corrected chi connectivity index (χ2v) is 8.10. The Kier molecular flexibility index (Phi) is 5.49. The van der Waals surface area contributed by atoms with Gasteiger partial charge in [0, 0.05) is 30.2 Å². The average molecular weight is 399 g/mol. The lowest BCUT2D eigenvalue weighted by Crippen LogP contribution is -2.48. The standard InChI is InChI=1S/C16H19ClN4O4S/c1-25-13-5-4-11(17)9-14(13)26(23,24)20-12-3-2-8-21(10-12)15-6-7-16(22)19-18-15/h4-7,9,12,20H,2-3,8,10H2,1H3,(H,19,22). The van der Waals surface area contributed by atoms with E-state index in [1.54, 1.807) is 12.1 Å². The first-order valence-corrected chi connectivity index (χ1v) is 9.92. The molecule has 2 aromatic rings. The van der Waals surface area contributed by atoms with Crippen molar-refractivity contribution >= 4 is 27.4 Å². The van der Waals surface area contributed by atoms with Gasteiger partial charge in [-0.1, -0.05) is 11.6 Å². The molecule has 3 rings (SSSR count). The fraction of sp³-hybridized carbons (Fsp3) is 0.375. The van der Waals surface area contributed by atoms with Crippen LogP contribution in [0.2, 0.25) is 5.02 Å². The molecular weight excluding hydrogens is 380 g/mol. The number of piperidine rings is 1. The molecule has 1 atom stereocenters. The number of anilines is 1. The smallest absolute Gasteiger partial charge is 0.264 e. The third kappa shape index (κ3) is 4.17. The van der Waals surface area contributed by atoms with E-state index in [9.17, 15) is 13.2 Å². The molecule has 0 saturated carbocycles. The van der Waals surface area contributed by atoms with Crippen LogP contribution in [0.5, 0.6) is 5.75 Å². The molecule has 1 fully saturated rings. The summed E-state index contributed by atoms with van der Waals surface area (Å²) < 4.78 is 33.4. The lowest BCUT2D eigenvalue weighted by atomic mass is 10.1. The van der Waals surface area contributed by atoms with E-state index in [1.165, 1.54) is 25.3 Å². The zero-order chi connectivity index (χ0) is 18.7. The number of hydrogen-bond acceptors (Lipinski definition) is 6. The maximum Gasteiger partial charge on any atom is 0.264 e. The molecule has 0 aliphatic carbocycles. The zero-order valence-electron chi connectivity index (χ0n) is 14.1. The van der Waals surface area contributed by atoms with Crippen LogP contribution in [-0.2, 0) is 10.0 Å². The normalized spacial score (nSPS) is 17.9. The molecule has 10 heteroatoms. The predicted molar refractivity (Wildman–Crippen MR) is 98.4 cm³/mol. The lowest BCUT2D eigenvalue weighted by Gasteiger charge is -2.33. The van der Waals surface area contributed by atoms with Crippen LogP contribution in [0.4, 0.5) is 5.82 Å². The molecule has 1 aliphatic rings. The van der Waals surface area contributed by atoms with Crippen molar-refractivity contribution in [3.8, 4) is 5.75 Å². The summed E-state index contributed by atoms with van der Waals surface area (Å²) >= 11 is 5.95. The third-order valence-corrected chi connectivity index (χ3v) is 5.92. The van der Waals surface area contributed by atoms with Crippen molar-refractivity contribution in [1.82, 2.24) is 14.9 Å². The largest absolute Gasteiger partial charge is 0.495 e. The minimum atomic E-state index is -3.80. The summed E-state index contributed by atoms with van der Waals surface area (Å²) in [5, 5.41) is 6.71. The van der Waals surface area contributed by atoms with Gasteiger partial charge >= 0.3 is 0 Å². The molecule has 2 heterocycles. The van der Waals surface area contributed by atoms with Gasteiger partial charge in [-0.05, 0) is 37.1 Å². The van der Waals surface area contributed by atoms with Gasteiger partial charge in [-0.15, -0.1) is 0 Å². The highest BCUT2D eigenvalue weighted by Crippen LogP contribution is 2.28. The number of benzene rings is 1. The molecule has 0 bridgehead atoms. The fourth-order valence-corrected chi connectivity index (χ4v) is 4.63. The van der Waals surface area contributed by atoms with E-state index < -0.39 is 10.0 Å². The molecule has 2 N–H and O–H groups in total. The maximum atomic E-state index is 12.8. The van der Waals surface area contributed by atoms with Crippen molar-refractivity contribution in [3.63, 3.8) is 0 Å². The van der Waals surface area contributed by atoms with Crippen LogP contribution in [0.1, 0.15) is 12.8 Å². The molecule has 26 heavy (non-hydrogen) atoms. The fourth-order valence-electron chi connectivity index (χ4n) is 2.94. The van der Waals surface area contributed by atoms with Crippen molar-refractivity contribution in [3.05, 3.63) is 45.7 Å². The van der Waals surface area contributed by atoms with Crippen molar-refractivity contribution in [2.24, 2.45) is 0 Å². The van der Waals surface area contributed by atoms with Gasteiger partial charge in [-0.2, -0.15) is 5.10 Å². The number of nitrogens with zero attached hydrogens (tertiary/aromatic N) is 2. The number of ether oxygens (including phenoxy) is 1. The highest BCUT2D eigenvalue weighted by molar-refractivity contribution is 7.89. The van der Waals surface area contributed by atoms with Crippen LogP contribution >= 0.6 is 11.6 Å². The Bertz CT molecular complexity index is 927. The van der Waals surface area contributed by atoms with Crippen LogP contribution in [-0.4, -0.2) is 44.9 Å². The molecular formula is C16H19ClN4O4S. The summed E-state index contributed by atoms with van der Waals surface area (Å²) in [5.74, 6) is 0.839. The number of H-pyrrole nitrogens is 1. The Hall–Kier alpha value is -2.10. The number of aromatic amines is 1. The molecule has 0 spiro atoms. The zero-order valence-corrected chi connectivity index (χ0v) is 15.7. The molecule has 0 amide bonds. The Morgan fingerprint density at radius 1 is 1.35 bits per heavy atom. The Balaban J connectivity index is 1.78. The average Bonchev–Trinajstić information content (AvgIpc) is 2.62. The number of aromatic nitrogens is 2. The van der Waals surface area contributed by atoms with E-state index >= 15 is 0 Å². The van der Waals surface area contributed by atoms with Gasteiger partial charge < -0.3 is 9.64 Å². The number of methoxy groups -OCH3 is 1. The molecule has 1 unspecified atom stereocenters. The number of nitrogens with one attached hydrogen (secondary N) is 2. The van der Waals surface area contributed by atoms with Gasteiger partial charge in [0.05, 0.1) is 7.11 Å². The molecule has 140 valence electrons. The van der Waals surface area contributed by atoms with Gasteiger partial charge in [0.1, 0.15) is 16.5 Å². The SMILES string of the molecule is COc1ccc(Cl)cc1S(=O)(=O)NC1CCCN(c2ccc(=O)[nH]n2)C1. The first-order valence-electron chi connectivity index (χ1n) is 8.05. The van der Waals surface area contributed by atoms with Gasteiger partial charge in [0.2, 0.25) is 10.0 Å². The van der Waals surface area contributed by atoms with E-state index in [1.807, 2.05) is 4.90 Å². The topological polar surface area (TPSA) is 104 Å². The lowest BCUT2D eigenvalue weighted by molar-refractivity contribution is 0.401. The quantitative estimate of drug-likeness (QED) is 0.788. The van der Waals surface area contributed by atoms with Gasteiger partial charge in [0.15, 0.2) is 0 Å². The number of halogens is 1. The van der Waals surface area contributed by atoms with Crippen molar-refractivity contribution < 1.29 is 13.2 Å². The molecule has 1 aromatic carbocycles. The molecule has 1 aromatic heterocycles. The van der Waals surface area contributed by atoms with Crippen LogP contribution in [0, 0.1) is 0 Å². The molecule has 1 aliphatic heterocycles. The van der Waals surface area contributed by atoms with Gasteiger partial charge in [0.25, 0.3) is 5.56 Å². The highest BCUT2D eigenvalue weighted by atomic mass is 35.5. The van der Waals surface area contributed by atoms with E-state index in [-0.39, 0.29) is 22.2 Å². The summed E-state index contributed by atoms with van der Waals surface area (Å²) in [6.07, 6.45) is 1.49. The summed E-state index contributed by atoms with van der Waals surface area (Å²) in [5.41, 5.74) is -0.281. The molecule has 1 saturated heterocycles. The monoisotopic (exact) mass is 398 g/mol. The predicted octanol–water partition coefficient (Wildman–Crippen LogP) is 1.38. The molecule has 8 nitrogen and oxygen atoms in total. The summed E-state index contributed by atoms with van der Waals surface area (Å²) in [7, 11) is -2.39. The second-order valence-electron chi connectivity index (χ2n) is 5.98. The second kappa shape index (κ2) is 7.65. The van der Waals surface area contributed by atoms with Crippen LogP contribution in [0.25, 0.3) is 0 Å². The Morgan fingerprint density at radius 3 is 2.85 bits per heavy atom. The minimum absolute atomic E-state index is 0.00629. The van der Waals surface area contributed by atoms with Crippen LogP contribution < -0.4 is 19.9 Å². The van der Waals surface area contributed by atoms with Crippen molar-refractivity contribution in [2.45, 2.75) is 23.8 Å². The van der Waals surface area contributed by atoms with E-state index in [2.05, 4.69) is 14.9 Å². The number of rotatable bonds is 5. The van der Waals surface area contributed by atoms with E-state index in [0.717, 1.165) is 13.0 Å². The van der Waals surface area contributed by atoms with Crippen LogP contribution in [0.3, 0.4) is 0 Å². The van der Waals surface area contributed by atoms with Gasteiger partial charge in [-0.25, -0.2) is 18.2 Å². The van der Waals surface area contributed by atoms with Crippen molar-refractivity contribution in [2.75, 3.05) is 25.1 Å². The highest BCUT2D eigenvalue weighted by Gasteiger charge is 2.28. The molecule has 0 radical (unpaired) electrons. The summed E-state index contributed by atoms with van der Waals surface area (Å²) in [4.78, 5) is 13.1. The Labute approximate surface area is 156 Å². The summed E-state index contributed by atoms with van der Waals surface area (Å²) in [6, 6.07) is 7.18. The summed E-state index contributed by atoms with van der Waals surface area (Å²) in [6.45, 7) is 1.18. The van der Waals surface area contributed by atoms with Crippen LogP contribution in [0.15, 0.2) is 40.0 Å². The third-order valence-electron chi connectivity index (χ3n) is 4.15. The van der Waals surface area contributed by atoms with E-state index in [4.69, 9.17) is 16.3 Å². The van der Waals surface area contributed by atoms with Gasteiger partial charge in [-0.3, -0.25) is 4.79 Å². The van der Waals surface area contributed by atoms with E-state index in [0.29, 0.717) is 23.8 Å². The van der Waals surface area contributed by atoms with Crippen molar-refractivity contribution in [1.29, 1.82) is 0 Å². The first-order chi connectivity index (χ1) is 12.4.